The Kier molecular flexibility index (Phi) is 3.99. The van der Waals surface area contributed by atoms with Crippen LogP contribution < -0.4 is 0 Å². The van der Waals surface area contributed by atoms with Crippen molar-refractivity contribution >= 4 is 20.3 Å². The Balaban J connectivity index is 2.66. The highest BCUT2D eigenvalue weighted by atomic mass is 32.3. The van der Waals surface area contributed by atoms with Crippen LogP contribution in [0.25, 0.3) is 4.13 Å². The highest BCUT2D eigenvalue weighted by Crippen LogP contribution is 2.32. The number of ether oxygens (including phenoxy) is 1. The Bertz CT molecular complexity index is 506. The Morgan fingerprint density at radius 1 is 1.28 bits per heavy atom. The quantitative estimate of drug-likeness (QED) is 0.733. The number of hydrogen-bond donors (Lipinski definition) is 0. The largest absolute Gasteiger partial charge is 0.480 e. The summed E-state index contributed by atoms with van der Waals surface area (Å²) in [6, 6.07) is 0. The first-order valence-corrected chi connectivity index (χ1v) is 7.20. The van der Waals surface area contributed by atoms with Gasteiger partial charge in [-0.15, -0.1) is 0 Å². The number of halogens is 3. The van der Waals surface area contributed by atoms with Crippen LogP contribution in [-0.4, -0.2) is 42.2 Å². The van der Waals surface area contributed by atoms with Crippen molar-refractivity contribution in [2.75, 3.05) is 19.8 Å². The molecule has 0 atom stereocenters. The summed E-state index contributed by atoms with van der Waals surface area (Å²) < 4.78 is 89.2. The summed E-state index contributed by atoms with van der Waals surface area (Å²) in [6.07, 6.45) is 0. The maximum atomic E-state index is 11.9. The van der Waals surface area contributed by atoms with Gasteiger partial charge in [0.2, 0.25) is 10.3 Å². The first-order valence-electron chi connectivity index (χ1n) is 4.40. The highest BCUT2D eigenvalue weighted by Gasteiger charge is 2.41. The minimum atomic E-state index is -6.13. The average molecular weight is 312 g/mol. The van der Waals surface area contributed by atoms with Crippen LogP contribution in [0.1, 0.15) is 6.92 Å². The molecule has 0 N–H and O–H groups in total. The third-order valence-corrected chi connectivity index (χ3v) is 4.46. The van der Waals surface area contributed by atoms with Gasteiger partial charge in [0.25, 0.3) is 0 Å². The molecule has 1 heterocycles. The van der Waals surface area contributed by atoms with E-state index >= 15 is 0 Å². The highest BCUT2D eigenvalue weighted by molar-refractivity contribution is 8.10. The van der Waals surface area contributed by atoms with Gasteiger partial charge in [0.15, 0.2) is 10.0 Å². The van der Waals surface area contributed by atoms with Gasteiger partial charge in [0.05, 0.1) is 19.8 Å². The molecule has 0 spiro atoms. The van der Waals surface area contributed by atoms with Crippen molar-refractivity contribution in [2.24, 2.45) is 5.41 Å². The molecule has 1 aliphatic heterocycles. The SMILES string of the molecule is CC1(COS(=O)(=O)[N-]S(=O)(=O)C(F)(F)F)COC1. The molecule has 0 unspecified atom stereocenters. The molecule has 0 aliphatic carbocycles. The molecule has 1 rings (SSSR count). The molecule has 108 valence electrons. The van der Waals surface area contributed by atoms with Crippen LogP contribution in [-0.2, 0) is 29.2 Å². The van der Waals surface area contributed by atoms with Crippen molar-refractivity contribution in [2.45, 2.75) is 12.4 Å². The molecular formula is C6H9F3NO6S2-. The monoisotopic (exact) mass is 312 g/mol. The third kappa shape index (κ3) is 3.78. The fraction of sp³-hybridized carbons (Fsp3) is 1.00. The summed E-state index contributed by atoms with van der Waals surface area (Å²) in [5.74, 6) is 0. The van der Waals surface area contributed by atoms with Gasteiger partial charge in [-0.2, -0.15) is 13.2 Å². The van der Waals surface area contributed by atoms with Gasteiger partial charge in [0.1, 0.15) is 0 Å². The fourth-order valence-electron chi connectivity index (χ4n) is 0.935. The number of alkyl halides is 3. The lowest BCUT2D eigenvalue weighted by Gasteiger charge is -2.37. The van der Waals surface area contributed by atoms with Crippen LogP contribution >= 0.6 is 0 Å². The summed E-state index contributed by atoms with van der Waals surface area (Å²) in [5, 5.41) is 0. The summed E-state index contributed by atoms with van der Waals surface area (Å²) >= 11 is 0. The van der Waals surface area contributed by atoms with Crippen LogP contribution in [0.4, 0.5) is 13.2 Å². The summed E-state index contributed by atoms with van der Waals surface area (Å²) in [6.45, 7) is 1.37. The number of hydrogen-bond acceptors (Lipinski definition) is 6. The summed E-state index contributed by atoms with van der Waals surface area (Å²) in [4.78, 5) is 0. The third-order valence-electron chi connectivity index (χ3n) is 1.94. The smallest absolute Gasteiger partial charge is 0.404 e. The normalized spacial score (nSPS) is 20.4. The van der Waals surface area contributed by atoms with Crippen molar-refractivity contribution < 1.29 is 38.9 Å². The number of rotatable bonds is 5. The van der Waals surface area contributed by atoms with Gasteiger partial charge in [-0.25, -0.2) is 16.8 Å². The van der Waals surface area contributed by atoms with Gasteiger partial charge < -0.3 is 8.86 Å². The molecular weight excluding hydrogens is 303 g/mol. The molecule has 18 heavy (non-hydrogen) atoms. The predicted molar refractivity (Wildman–Crippen MR) is 52.1 cm³/mol. The van der Waals surface area contributed by atoms with Crippen molar-refractivity contribution in [1.82, 2.24) is 0 Å². The molecule has 0 aromatic carbocycles. The van der Waals surface area contributed by atoms with Crippen LogP contribution in [0.3, 0.4) is 0 Å². The van der Waals surface area contributed by atoms with Crippen LogP contribution in [0, 0.1) is 5.41 Å². The van der Waals surface area contributed by atoms with Crippen molar-refractivity contribution in [1.29, 1.82) is 0 Å². The second-order valence-corrected chi connectivity index (χ2v) is 7.09. The molecule has 1 fully saturated rings. The van der Waals surface area contributed by atoms with Crippen LogP contribution in [0.2, 0.25) is 0 Å². The van der Waals surface area contributed by atoms with E-state index in [1.165, 1.54) is 0 Å². The zero-order valence-electron chi connectivity index (χ0n) is 8.97. The number of sulfonamides is 1. The number of nitrogens with zero attached hydrogens (tertiary/aromatic N) is 1. The Morgan fingerprint density at radius 2 is 1.78 bits per heavy atom. The van der Waals surface area contributed by atoms with Crippen LogP contribution in [0.15, 0.2) is 0 Å². The lowest BCUT2D eigenvalue weighted by Crippen LogP contribution is -2.44. The Labute approximate surface area is 102 Å². The van der Waals surface area contributed by atoms with E-state index in [0.717, 1.165) is 0 Å². The van der Waals surface area contributed by atoms with E-state index in [1.807, 2.05) is 0 Å². The predicted octanol–water partition coefficient (Wildman–Crippen LogP) is 0.508. The maximum Gasteiger partial charge on any atom is 0.480 e. The lowest BCUT2D eigenvalue weighted by molar-refractivity contribution is -0.119. The van der Waals surface area contributed by atoms with E-state index < -0.39 is 37.9 Å². The van der Waals surface area contributed by atoms with Gasteiger partial charge in [-0.05, 0) is 0 Å². The van der Waals surface area contributed by atoms with Crippen molar-refractivity contribution in [3.8, 4) is 0 Å². The first kappa shape index (κ1) is 15.6. The molecule has 0 aromatic heterocycles. The maximum absolute atomic E-state index is 11.9. The van der Waals surface area contributed by atoms with E-state index in [2.05, 4.69) is 4.18 Å². The summed E-state index contributed by atoms with van der Waals surface area (Å²) in [7, 11) is -11.3. The zero-order valence-corrected chi connectivity index (χ0v) is 10.6. The second-order valence-electron chi connectivity index (χ2n) is 3.99. The molecule has 1 saturated heterocycles. The molecule has 1 aliphatic rings. The van der Waals surface area contributed by atoms with Gasteiger partial charge in [0, 0.05) is 5.41 Å². The van der Waals surface area contributed by atoms with Crippen molar-refractivity contribution in [3.63, 3.8) is 0 Å². The fourth-order valence-corrected chi connectivity index (χ4v) is 2.84. The standard InChI is InChI=1S/C6H9F3NO6S2/c1-5(2-15-3-5)4-16-18(13,14)10-17(11,12)6(7,8)9/h2-4H2,1H3/q-1. The van der Waals surface area contributed by atoms with E-state index in [1.54, 1.807) is 11.1 Å². The van der Waals surface area contributed by atoms with Crippen molar-refractivity contribution in [3.05, 3.63) is 4.13 Å². The lowest BCUT2D eigenvalue weighted by atomic mass is 9.90. The molecule has 0 aromatic rings. The molecule has 0 amide bonds. The van der Waals surface area contributed by atoms with E-state index in [4.69, 9.17) is 4.74 Å². The van der Waals surface area contributed by atoms with E-state index in [-0.39, 0.29) is 13.2 Å². The molecule has 7 nitrogen and oxygen atoms in total. The van der Waals surface area contributed by atoms with Gasteiger partial charge in [-0.1, -0.05) is 6.92 Å². The molecule has 0 bridgehead atoms. The van der Waals surface area contributed by atoms with Crippen LogP contribution in [0.5, 0.6) is 0 Å². The molecule has 0 radical (unpaired) electrons. The Hall–Kier alpha value is -0.430. The zero-order chi connectivity index (χ0) is 14.2. The topological polar surface area (TPSA) is 101 Å². The second kappa shape index (κ2) is 4.59. The van der Waals surface area contributed by atoms with E-state index in [9.17, 15) is 30.0 Å². The molecule has 12 heteroatoms. The summed E-state index contributed by atoms with van der Waals surface area (Å²) in [5.41, 5.74) is -6.46. The minimum absolute atomic E-state index is 0.161. The Morgan fingerprint density at radius 3 is 2.11 bits per heavy atom. The van der Waals surface area contributed by atoms with Gasteiger partial charge >= 0.3 is 5.51 Å². The first-order chi connectivity index (χ1) is 7.87. The minimum Gasteiger partial charge on any atom is -0.404 e. The van der Waals surface area contributed by atoms with E-state index in [0.29, 0.717) is 0 Å². The average Bonchev–Trinajstić information content (AvgIpc) is 2.08. The molecule has 0 saturated carbocycles. The van der Waals surface area contributed by atoms with Gasteiger partial charge in [-0.3, -0.25) is 4.18 Å².